The van der Waals surface area contributed by atoms with Gasteiger partial charge in [0.2, 0.25) is 0 Å². The molecule has 0 aliphatic carbocycles. The summed E-state index contributed by atoms with van der Waals surface area (Å²) in [4.78, 5) is 10.9. The third kappa shape index (κ3) is 1.87. The molecule has 3 N–H and O–H groups in total. The molecule has 0 amide bonds. The third-order valence-corrected chi connectivity index (χ3v) is 2.56. The largest absolute Gasteiger partial charge is 0.476 e. The van der Waals surface area contributed by atoms with E-state index in [-0.39, 0.29) is 17.1 Å². The Bertz CT molecular complexity index is 655. The number of halogens is 1. The van der Waals surface area contributed by atoms with Gasteiger partial charge in [-0.2, -0.15) is 10.4 Å². The van der Waals surface area contributed by atoms with E-state index in [4.69, 9.17) is 27.7 Å². The molecule has 2 aromatic rings. The summed E-state index contributed by atoms with van der Waals surface area (Å²) < 4.78 is 1.19. The van der Waals surface area contributed by atoms with Crippen LogP contribution in [0.3, 0.4) is 0 Å². The molecular formula is C11H7ClN4O2. The summed E-state index contributed by atoms with van der Waals surface area (Å²) in [6, 6.07) is 8.21. The van der Waals surface area contributed by atoms with Crippen molar-refractivity contribution in [2.24, 2.45) is 0 Å². The van der Waals surface area contributed by atoms with E-state index in [1.807, 2.05) is 0 Å². The first kappa shape index (κ1) is 12.0. The summed E-state index contributed by atoms with van der Waals surface area (Å²) in [7, 11) is 0. The Labute approximate surface area is 107 Å². The molecule has 1 aromatic carbocycles. The Balaban J connectivity index is 2.63. The standard InChI is InChI=1S/C11H7ClN4O2/c12-6-1-3-7(4-2-6)16-10(14)8(5-13)9(15-16)11(17)18/h1-4H,14H2,(H,17,18). The molecule has 0 radical (unpaired) electrons. The Morgan fingerprint density at radius 2 is 2.06 bits per heavy atom. The van der Waals surface area contributed by atoms with E-state index < -0.39 is 5.97 Å². The first-order valence-electron chi connectivity index (χ1n) is 4.82. The van der Waals surface area contributed by atoms with Crippen LogP contribution in [0.4, 0.5) is 5.82 Å². The maximum absolute atomic E-state index is 10.9. The summed E-state index contributed by atoms with van der Waals surface area (Å²) in [5, 5.41) is 22.1. The lowest BCUT2D eigenvalue weighted by atomic mass is 10.2. The van der Waals surface area contributed by atoms with Crippen LogP contribution in [0, 0.1) is 11.3 Å². The quantitative estimate of drug-likeness (QED) is 0.856. The number of aromatic nitrogens is 2. The fourth-order valence-corrected chi connectivity index (χ4v) is 1.60. The summed E-state index contributed by atoms with van der Waals surface area (Å²) in [6.45, 7) is 0. The van der Waals surface area contributed by atoms with E-state index in [0.717, 1.165) is 0 Å². The fourth-order valence-electron chi connectivity index (χ4n) is 1.47. The normalized spacial score (nSPS) is 10.0. The Hall–Kier alpha value is -2.52. The third-order valence-electron chi connectivity index (χ3n) is 2.31. The van der Waals surface area contributed by atoms with Gasteiger partial charge in [-0.15, -0.1) is 0 Å². The molecule has 0 unspecified atom stereocenters. The van der Waals surface area contributed by atoms with Gasteiger partial charge in [0.25, 0.3) is 0 Å². The molecule has 0 spiro atoms. The van der Waals surface area contributed by atoms with Crippen molar-refractivity contribution in [1.82, 2.24) is 9.78 Å². The van der Waals surface area contributed by atoms with Crippen LogP contribution in [-0.2, 0) is 0 Å². The number of aromatic carboxylic acids is 1. The molecule has 0 saturated carbocycles. The molecule has 0 aliphatic heterocycles. The van der Waals surface area contributed by atoms with Crippen LogP contribution in [0.5, 0.6) is 0 Å². The molecule has 0 aliphatic rings. The van der Waals surface area contributed by atoms with Crippen LogP contribution in [0.15, 0.2) is 24.3 Å². The fraction of sp³-hybridized carbons (Fsp3) is 0. The molecule has 18 heavy (non-hydrogen) atoms. The lowest BCUT2D eigenvalue weighted by Gasteiger charge is -2.03. The molecule has 2 rings (SSSR count). The highest BCUT2D eigenvalue weighted by Crippen LogP contribution is 2.21. The van der Waals surface area contributed by atoms with Gasteiger partial charge < -0.3 is 10.8 Å². The monoisotopic (exact) mass is 262 g/mol. The number of carboxylic acids is 1. The van der Waals surface area contributed by atoms with Crippen LogP contribution in [0.2, 0.25) is 5.02 Å². The van der Waals surface area contributed by atoms with Crippen molar-refractivity contribution in [2.75, 3.05) is 5.73 Å². The average Bonchev–Trinajstić information content (AvgIpc) is 2.67. The maximum Gasteiger partial charge on any atom is 0.357 e. The Kier molecular flexibility index (Phi) is 2.92. The minimum Gasteiger partial charge on any atom is -0.476 e. The van der Waals surface area contributed by atoms with Gasteiger partial charge in [-0.3, -0.25) is 0 Å². The zero-order valence-electron chi connectivity index (χ0n) is 8.96. The number of nitriles is 1. The summed E-state index contributed by atoms with van der Waals surface area (Å²) >= 11 is 5.75. The maximum atomic E-state index is 10.9. The number of carbonyl (C=O) groups is 1. The van der Waals surface area contributed by atoms with Crippen molar-refractivity contribution >= 4 is 23.4 Å². The van der Waals surface area contributed by atoms with Crippen LogP contribution in [0.1, 0.15) is 16.1 Å². The van der Waals surface area contributed by atoms with E-state index in [1.54, 1.807) is 30.3 Å². The first-order chi connectivity index (χ1) is 8.54. The number of rotatable bonds is 2. The number of hydrogen-bond donors (Lipinski definition) is 2. The molecule has 1 aromatic heterocycles. The number of anilines is 1. The van der Waals surface area contributed by atoms with Crippen molar-refractivity contribution in [3.8, 4) is 11.8 Å². The smallest absolute Gasteiger partial charge is 0.357 e. The van der Waals surface area contributed by atoms with E-state index in [2.05, 4.69) is 5.10 Å². The predicted molar refractivity (Wildman–Crippen MR) is 64.7 cm³/mol. The van der Waals surface area contributed by atoms with Crippen LogP contribution in [-0.4, -0.2) is 20.9 Å². The van der Waals surface area contributed by atoms with Crippen LogP contribution < -0.4 is 5.73 Å². The van der Waals surface area contributed by atoms with Crippen molar-refractivity contribution in [3.63, 3.8) is 0 Å². The Morgan fingerprint density at radius 3 is 2.50 bits per heavy atom. The summed E-state index contributed by atoms with van der Waals surface area (Å²) in [5.74, 6) is -1.32. The van der Waals surface area contributed by atoms with Crippen LogP contribution >= 0.6 is 11.6 Å². The van der Waals surface area contributed by atoms with Crippen molar-refractivity contribution in [2.45, 2.75) is 0 Å². The molecule has 0 saturated heterocycles. The van der Waals surface area contributed by atoms with Gasteiger partial charge >= 0.3 is 5.97 Å². The molecule has 0 fully saturated rings. The lowest BCUT2D eigenvalue weighted by molar-refractivity contribution is 0.0689. The second-order valence-electron chi connectivity index (χ2n) is 3.41. The minimum atomic E-state index is -1.30. The Morgan fingerprint density at radius 1 is 1.44 bits per heavy atom. The summed E-state index contributed by atoms with van der Waals surface area (Å²) in [6.07, 6.45) is 0. The molecule has 7 heteroatoms. The molecule has 0 bridgehead atoms. The second kappa shape index (κ2) is 4.39. The number of nitrogen functional groups attached to an aromatic ring is 1. The summed E-state index contributed by atoms with van der Waals surface area (Å²) in [5.41, 5.74) is 5.71. The predicted octanol–water partition coefficient (Wildman–Crippen LogP) is 1.68. The van der Waals surface area contributed by atoms with Gasteiger partial charge in [0.05, 0.1) is 5.69 Å². The first-order valence-corrected chi connectivity index (χ1v) is 5.20. The molecule has 0 atom stereocenters. The van der Waals surface area contributed by atoms with Gasteiger partial charge in [-0.1, -0.05) is 11.6 Å². The highest BCUT2D eigenvalue weighted by Gasteiger charge is 2.21. The van der Waals surface area contributed by atoms with Crippen molar-refractivity contribution in [3.05, 3.63) is 40.5 Å². The van der Waals surface area contributed by atoms with Gasteiger partial charge in [-0.25, -0.2) is 9.48 Å². The number of benzene rings is 1. The van der Waals surface area contributed by atoms with Crippen molar-refractivity contribution in [1.29, 1.82) is 5.26 Å². The molecule has 90 valence electrons. The zero-order valence-corrected chi connectivity index (χ0v) is 9.72. The minimum absolute atomic E-state index is 0.0165. The number of nitrogens with zero attached hydrogens (tertiary/aromatic N) is 3. The number of carboxylic acid groups (broad SMARTS) is 1. The van der Waals surface area contributed by atoms with Gasteiger partial charge in [-0.05, 0) is 24.3 Å². The average molecular weight is 263 g/mol. The van der Waals surface area contributed by atoms with E-state index in [9.17, 15) is 4.79 Å². The van der Waals surface area contributed by atoms with Gasteiger partial charge in [0, 0.05) is 5.02 Å². The topological polar surface area (TPSA) is 105 Å². The van der Waals surface area contributed by atoms with Gasteiger partial charge in [0.1, 0.15) is 17.5 Å². The van der Waals surface area contributed by atoms with Crippen LogP contribution in [0.25, 0.3) is 5.69 Å². The van der Waals surface area contributed by atoms with E-state index in [1.165, 1.54) is 4.68 Å². The second-order valence-corrected chi connectivity index (χ2v) is 3.85. The highest BCUT2D eigenvalue weighted by molar-refractivity contribution is 6.30. The number of nitrogens with two attached hydrogens (primary N) is 1. The highest BCUT2D eigenvalue weighted by atomic mass is 35.5. The van der Waals surface area contributed by atoms with Gasteiger partial charge in [0.15, 0.2) is 5.69 Å². The van der Waals surface area contributed by atoms with Crippen molar-refractivity contribution < 1.29 is 9.90 Å². The molecular weight excluding hydrogens is 256 g/mol. The SMILES string of the molecule is N#Cc1c(C(=O)O)nn(-c2ccc(Cl)cc2)c1N. The molecule has 6 nitrogen and oxygen atoms in total. The zero-order chi connectivity index (χ0) is 13.3. The van der Waals surface area contributed by atoms with E-state index in [0.29, 0.717) is 10.7 Å². The lowest BCUT2D eigenvalue weighted by Crippen LogP contribution is -2.03. The molecule has 1 heterocycles. The van der Waals surface area contributed by atoms with E-state index >= 15 is 0 Å². The number of hydrogen-bond acceptors (Lipinski definition) is 4.